The molecule has 0 radical (unpaired) electrons. The van der Waals surface area contributed by atoms with Crippen LogP contribution >= 0.6 is 0 Å². The van der Waals surface area contributed by atoms with Crippen LogP contribution in [0.25, 0.3) is 0 Å². The monoisotopic (exact) mass is 179 g/mol. The molecule has 72 valence electrons. The number of aryl methyl sites for hydroxylation is 1. The van der Waals surface area contributed by atoms with Crippen molar-refractivity contribution in [3.63, 3.8) is 0 Å². The molecule has 0 spiro atoms. The molecule has 0 aromatic heterocycles. The lowest BCUT2D eigenvalue weighted by Gasteiger charge is -2.12. The second-order valence-corrected chi connectivity index (χ2v) is 3.49. The summed E-state index contributed by atoms with van der Waals surface area (Å²) in [5.74, 6) is 0.942. The Morgan fingerprint density at radius 3 is 2.69 bits per heavy atom. The van der Waals surface area contributed by atoms with Crippen molar-refractivity contribution < 1.29 is 4.74 Å². The number of hydrogen-bond acceptors (Lipinski definition) is 2. The highest BCUT2D eigenvalue weighted by molar-refractivity contribution is 5.38. The van der Waals surface area contributed by atoms with Crippen molar-refractivity contribution in [3.05, 3.63) is 29.3 Å². The van der Waals surface area contributed by atoms with Crippen LogP contribution in [-0.4, -0.2) is 12.6 Å². The average molecular weight is 179 g/mol. The van der Waals surface area contributed by atoms with Gasteiger partial charge in [-0.3, -0.25) is 0 Å². The van der Waals surface area contributed by atoms with Crippen molar-refractivity contribution in [1.29, 1.82) is 0 Å². The molecule has 2 N–H and O–H groups in total. The van der Waals surface area contributed by atoms with Crippen LogP contribution in [0, 0.1) is 13.8 Å². The highest BCUT2D eigenvalue weighted by Crippen LogP contribution is 2.20. The molecule has 0 aliphatic rings. The molecule has 1 rings (SSSR count). The first-order valence-electron chi connectivity index (χ1n) is 4.56. The lowest BCUT2D eigenvalue weighted by atomic mass is 10.1. The minimum absolute atomic E-state index is 0.0833. The van der Waals surface area contributed by atoms with E-state index in [-0.39, 0.29) is 6.04 Å². The van der Waals surface area contributed by atoms with Crippen LogP contribution in [0.5, 0.6) is 5.75 Å². The lowest BCUT2D eigenvalue weighted by molar-refractivity contribution is 0.294. The molecule has 0 saturated carbocycles. The lowest BCUT2D eigenvalue weighted by Crippen LogP contribution is -2.23. The first-order chi connectivity index (χ1) is 6.11. The molecule has 2 nitrogen and oxygen atoms in total. The first-order valence-corrected chi connectivity index (χ1v) is 4.56. The van der Waals surface area contributed by atoms with E-state index >= 15 is 0 Å². The zero-order chi connectivity index (χ0) is 9.84. The molecule has 0 saturated heterocycles. The minimum Gasteiger partial charge on any atom is -0.492 e. The van der Waals surface area contributed by atoms with Crippen molar-refractivity contribution in [2.45, 2.75) is 26.8 Å². The number of hydrogen-bond donors (Lipinski definition) is 1. The first kappa shape index (κ1) is 10.1. The van der Waals surface area contributed by atoms with Crippen LogP contribution in [0.1, 0.15) is 18.1 Å². The van der Waals surface area contributed by atoms with Crippen LogP contribution in [0.4, 0.5) is 0 Å². The smallest absolute Gasteiger partial charge is 0.122 e. The number of benzene rings is 1. The zero-order valence-corrected chi connectivity index (χ0v) is 8.50. The van der Waals surface area contributed by atoms with E-state index in [4.69, 9.17) is 10.5 Å². The van der Waals surface area contributed by atoms with E-state index in [1.807, 2.05) is 19.1 Å². The van der Waals surface area contributed by atoms with Crippen molar-refractivity contribution in [3.8, 4) is 5.75 Å². The Morgan fingerprint density at radius 1 is 1.38 bits per heavy atom. The Bertz CT molecular complexity index is 281. The molecule has 0 heterocycles. The molecule has 0 unspecified atom stereocenters. The third kappa shape index (κ3) is 2.74. The molecule has 0 aliphatic heterocycles. The van der Waals surface area contributed by atoms with Gasteiger partial charge in [0.1, 0.15) is 12.4 Å². The van der Waals surface area contributed by atoms with Gasteiger partial charge in [0.2, 0.25) is 0 Å². The molecule has 2 heteroatoms. The minimum atomic E-state index is 0.0833. The van der Waals surface area contributed by atoms with E-state index in [2.05, 4.69) is 19.9 Å². The maximum Gasteiger partial charge on any atom is 0.122 e. The van der Waals surface area contributed by atoms with Gasteiger partial charge in [-0.15, -0.1) is 0 Å². The fraction of sp³-hybridized carbons (Fsp3) is 0.455. The second-order valence-electron chi connectivity index (χ2n) is 3.49. The standard InChI is InChI=1S/C11H17NO/c1-8-5-4-6-11(10(8)3)13-7-9(2)12/h4-6,9H,7,12H2,1-3H3/t9-/m1/s1. The quantitative estimate of drug-likeness (QED) is 0.770. The molecule has 1 aromatic carbocycles. The van der Waals surface area contributed by atoms with E-state index in [9.17, 15) is 0 Å². The topological polar surface area (TPSA) is 35.2 Å². The fourth-order valence-electron chi connectivity index (χ4n) is 1.10. The largest absolute Gasteiger partial charge is 0.492 e. The van der Waals surface area contributed by atoms with Gasteiger partial charge >= 0.3 is 0 Å². The molecule has 0 amide bonds. The summed E-state index contributed by atoms with van der Waals surface area (Å²) < 4.78 is 5.55. The molecule has 0 aliphatic carbocycles. The summed E-state index contributed by atoms with van der Waals surface area (Å²) in [5, 5.41) is 0. The zero-order valence-electron chi connectivity index (χ0n) is 8.50. The van der Waals surface area contributed by atoms with Gasteiger partial charge in [-0.1, -0.05) is 12.1 Å². The predicted octanol–water partition coefficient (Wildman–Crippen LogP) is 2.03. The van der Waals surface area contributed by atoms with Crippen molar-refractivity contribution in [1.82, 2.24) is 0 Å². The number of rotatable bonds is 3. The summed E-state index contributed by atoms with van der Waals surface area (Å²) in [6, 6.07) is 6.14. The van der Waals surface area contributed by atoms with Crippen LogP contribution < -0.4 is 10.5 Å². The normalized spacial score (nSPS) is 12.6. The van der Waals surface area contributed by atoms with Crippen molar-refractivity contribution >= 4 is 0 Å². The fourth-order valence-corrected chi connectivity index (χ4v) is 1.10. The highest BCUT2D eigenvalue weighted by Gasteiger charge is 2.02. The van der Waals surface area contributed by atoms with E-state index in [1.165, 1.54) is 11.1 Å². The molecular formula is C11H17NO. The maximum absolute atomic E-state index is 5.60. The van der Waals surface area contributed by atoms with Gasteiger partial charge < -0.3 is 10.5 Å². The van der Waals surface area contributed by atoms with Crippen LogP contribution in [-0.2, 0) is 0 Å². The Balaban J connectivity index is 2.71. The van der Waals surface area contributed by atoms with Crippen LogP contribution in [0.2, 0.25) is 0 Å². The third-order valence-corrected chi connectivity index (χ3v) is 2.06. The number of ether oxygens (including phenoxy) is 1. The predicted molar refractivity (Wildman–Crippen MR) is 55.1 cm³/mol. The van der Waals surface area contributed by atoms with Gasteiger partial charge in [0, 0.05) is 6.04 Å². The Kier molecular flexibility index (Phi) is 3.32. The molecule has 1 atom stereocenters. The van der Waals surface area contributed by atoms with Gasteiger partial charge in [-0.25, -0.2) is 0 Å². The van der Waals surface area contributed by atoms with E-state index in [0.717, 1.165) is 5.75 Å². The Labute approximate surface area is 79.7 Å². The molecule has 1 aromatic rings. The van der Waals surface area contributed by atoms with E-state index < -0.39 is 0 Å². The summed E-state index contributed by atoms with van der Waals surface area (Å²) in [5.41, 5.74) is 8.05. The van der Waals surface area contributed by atoms with E-state index in [0.29, 0.717) is 6.61 Å². The van der Waals surface area contributed by atoms with Crippen LogP contribution in [0.15, 0.2) is 18.2 Å². The summed E-state index contributed by atoms with van der Waals surface area (Å²) >= 11 is 0. The summed E-state index contributed by atoms with van der Waals surface area (Å²) in [7, 11) is 0. The molecule has 0 fully saturated rings. The number of nitrogens with two attached hydrogens (primary N) is 1. The van der Waals surface area contributed by atoms with Crippen molar-refractivity contribution in [2.24, 2.45) is 5.73 Å². The second kappa shape index (κ2) is 4.28. The molecule has 13 heavy (non-hydrogen) atoms. The van der Waals surface area contributed by atoms with Crippen molar-refractivity contribution in [2.75, 3.05) is 6.61 Å². The third-order valence-electron chi connectivity index (χ3n) is 2.06. The van der Waals surface area contributed by atoms with E-state index in [1.54, 1.807) is 0 Å². The summed E-state index contributed by atoms with van der Waals surface area (Å²) in [6.45, 7) is 6.65. The van der Waals surface area contributed by atoms with Gasteiger partial charge in [-0.2, -0.15) is 0 Å². The molecule has 0 bridgehead atoms. The van der Waals surface area contributed by atoms with Gasteiger partial charge in [0.15, 0.2) is 0 Å². The van der Waals surface area contributed by atoms with Gasteiger partial charge in [-0.05, 0) is 38.0 Å². The Hall–Kier alpha value is -1.02. The molecular weight excluding hydrogens is 162 g/mol. The van der Waals surface area contributed by atoms with Gasteiger partial charge in [0.25, 0.3) is 0 Å². The van der Waals surface area contributed by atoms with Crippen LogP contribution in [0.3, 0.4) is 0 Å². The average Bonchev–Trinajstić information content (AvgIpc) is 2.07. The highest BCUT2D eigenvalue weighted by atomic mass is 16.5. The summed E-state index contributed by atoms with van der Waals surface area (Å²) in [6.07, 6.45) is 0. The maximum atomic E-state index is 5.60. The SMILES string of the molecule is Cc1cccc(OC[C@@H](C)N)c1C. The Morgan fingerprint density at radius 2 is 2.08 bits per heavy atom. The summed E-state index contributed by atoms with van der Waals surface area (Å²) in [4.78, 5) is 0. The van der Waals surface area contributed by atoms with Gasteiger partial charge in [0.05, 0.1) is 0 Å².